The second kappa shape index (κ2) is 13.3. The molecule has 0 aliphatic heterocycles. The zero-order valence-corrected chi connectivity index (χ0v) is 23.7. The second-order valence-corrected chi connectivity index (χ2v) is 10.4. The topological polar surface area (TPSA) is 76.6 Å². The highest BCUT2D eigenvalue weighted by Gasteiger charge is 2.14. The number of benzene rings is 2. The molecule has 0 aliphatic rings. The van der Waals surface area contributed by atoms with Crippen molar-refractivity contribution >= 4 is 23.5 Å². The first-order valence-corrected chi connectivity index (χ1v) is 13.5. The Balaban J connectivity index is 1.67. The van der Waals surface area contributed by atoms with Gasteiger partial charge in [0, 0.05) is 42.7 Å². The number of hydrogen-bond acceptors (Lipinski definition) is 7. The Labute approximate surface area is 225 Å². The number of aryl methyl sites for hydroxylation is 1. The van der Waals surface area contributed by atoms with Crippen LogP contribution in [0, 0.1) is 19.8 Å². The van der Waals surface area contributed by atoms with E-state index in [2.05, 4.69) is 44.1 Å². The van der Waals surface area contributed by atoms with E-state index in [1.165, 1.54) is 5.56 Å². The Morgan fingerprint density at radius 1 is 1.03 bits per heavy atom. The van der Waals surface area contributed by atoms with Gasteiger partial charge in [0.2, 0.25) is 0 Å². The van der Waals surface area contributed by atoms with Gasteiger partial charge in [0.1, 0.15) is 5.82 Å². The van der Waals surface area contributed by atoms with E-state index >= 15 is 0 Å². The number of hydrogen-bond donors (Lipinski definition) is 1. The monoisotopic (exact) mass is 522 g/mol. The Bertz CT molecular complexity index is 1220. The summed E-state index contributed by atoms with van der Waals surface area (Å²) >= 11 is 1.58. The van der Waals surface area contributed by atoms with Gasteiger partial charge in [-0.3, -0.25) is 4.79 Å². The van der Waals surface area contributed by atoms with Crippen molar-refractivity contribution in [1.29, 1.82) is 0 Å². The van der Waals surface area contributed by atoms with Crippen LogP contribution in [0.3, 0.4) is 0 Å². The van der Waals surface area contributed by atoms with E-state index in [-0.39, 0.29) is 5.91 Å². The highest BCUT2D eigenvalue weighted by molar-refractivity contribution is 7.98. The van der Waals surface area contributed by atoms with Gasteiger partial charge in [-0.15, -0.1) is 0 Å². The molecule has 1 aromatic heterocycles. The van der Waals surface area contributed by atoms with Crippen LogP contribution in [0.2, 0.25) is 0 Å². The first-order valence-electron chi connectivity index (χ1n) is 12.5. The van der Waals surface area contributed by atoms with Gasteiger partial charge in [0.25, 0.3) is 5.91 Å². The molecule has 0 atom stereocenters. The van der Waals surface area contributed by atoms with Gasteiger partial charge in [-0.05, 0) is 61.6 Å². The molecular formula is C29H38N4O3S. The predicted octanol–water partition coefficient (Wildman–Crippen LogP) is 5.47. The number of carbonyl (C=O) groups is 1. The third-order valence-corrected chi connectivity index (χ3v) is 7.03. The summed E-state index contributed by atoms with van der Waals surface area (Å²) in [6.07, 6.45) is 0.841. The summed E-state index contributed by atoms with van der Waals surface area (Å²) < 4.78 is 10.8. The van der Waals surface area contributed by atoms with Crippen LogP contribution in [0.25, 0.3) is 0 Å². The molecule has 0 saturated carbocycles. The Morgan fingerprint density at radius 2 is 1.78 bits per heavy atom. The minimum absolute atomic E-state index is 0.0404. The van der Waals surface area contributed by atoms with E-state index in [1.54, 1.807) is 26.0 Å². The number of thioether (sulfide) groups is 1. The predicted molar refractivity (Wildman–Crippen MR) is 151 cm³/mol. The summed E-state index contributed by atoms with van der Waals surface area (Å²) in [5.41, 5.74) is 4.94. The van der Waals surface area contributed by atoms with E-state index in [1.807, 2.05) is 43.3 Å². The Hall–Kier alpha value is -3.26. The molecule has 0 spiro atoms. The van der Waals surface area contributed by atoms with Gasteiger partial charge < -0.3 is 19.7 Å². The number of likely N-dealkylation sites (N-methyl/N-ethyl adjacent to an activating group) is 1. The first kappa shape index (κ1) is 28.3. The molecule has 1 N–H and O–H groups in total. The molecule has 7 nitrogen and oxygen atoms in total. The summed E-state index contributed by atoms with van der Waals surface area (Å²) in [6.45, 7) is 9.70. The molecule has 8 heteroatoms. The Kier molecular flexibility index (Phi) is 10.2. The van der Waals surface area contributed by atoms with Gasteiger partial charge in [-0.1, -0.05) is 43.8 Å². The van der Waals surface area contributed by atoms with Gasteiger partial charge in [0.05, 0.1) is 14.2 Å². The molecule has 0 aliphatic carbocycles. The molecular weight excluding hydrogens is 484 g/mol. The SMILES string of the molecule is COc1ccc(CCN(C)c2nc(SCc3cccc(C(=O)NCC(C)C)c3)nc(C)c2C)cc1OC. The number of anilines is 1. The lowest BCUT2D eigenvalue weighted by Gasteiger charge is -2.22. The second-order valence-electron chi connectivity index (χ2n) is 9.49. The summed E-state index contributed by atoms with van der Waals surface area (Å²) in [4.78, 5) is 24.2. The minimum Gasteiger partial charge on any atom is -0.493 e. The van der Waals surface area contributed by atoms with Crippen LogP contribution in [-0.2, 0) is 12.2 Å². The van der Waals surface area contributed by atoms with Gasteiger partial charge in [0.15, 0.2) is 16.7 Å². The molecule has 0 radical (unpaired) electrons. The fourth-order valence-electron chi connectivity index (χ4n) is 3.81. The fraction of sp³-hybridized carbons (Fsp3) is 0.414. The van der Waals surface area contributed by atoms with Gasteiger partial charge in [-0.2, -0.15) is 0 Å². The molecule has 1 amide bonds. The van der Waals surface area contributed by atoms with Crippen LogP contribution in [0.4, 0.5) is 5.82 Å². The van der Waals surface area contributed by atoms with Gasteiger partial charge in [-0.25, -0.2) is 9.97 Å². The van der Waals surface area contributed by atoms with Crippen molar-refractivity contribution in [3.63, 3.8) is 0 Å². The molecule has 3 aromatic rings. The zero-order valence-electron chi connectivity index (χ0n) is 22.9. The van der Waals surface area contributed by atoms with Crippen molar-refractivity contribution in [2.45, 2.75) is 45.0 Å². The standard InChI is InChI=1S/C29H38N4O3S/c1-19(2)17-30-28(34)24-10-8-9-23(15-24)18-37-29-31-21(4)20(3)27(32-29)33(5)14-13-22-11-12-25(35-6)26(16-22)36-7/h8-12,15-16,19H,13-14,17-18H2,1-7H3,(H,30,34). The third-order valence-electron chi connectivity index (χ3n) is 6.12. The van der Waals surface area contributed by atoms with Crippen LogP contribution in [0.15, 0.2) is 47.6 Å². The third kappa shape index (κ3) is 7.86. The summed E-state index contributed by atoms with van der Waals surface area (Å²) in [5, 5.41) is 3.71. The van der Waals surface area contributed by atoms with Gasteiger partial charge >= 0.3 is 0 Å². The Morgan fingerprint density at radius 3 is 2.49 bits per heavy atom. The molecule has 0 unspecified atom stereocenters. The van der Waals surface area contributed by atoms with Crippen molar-refractivity contribution in [2.24, 2.45) is 5.92 Å². The smallest absolute Gasteiger partial charge is 0.251 e. The number of carbonyl (C=O) groups excluding carboxylic acids is 1. The highest BCUT2D eigenvalue weighted by atomic mass is 32.2. The number of rotatable bonds is 12. The maximum absolute atomic E-state index is 12.4. The van der Waals surface area contributed by atoms with Crippen LogP contribution < -0.4 is 19.7 Å². The number of nitrogens with one attached hydrogen (secondary N) is 1. The molecule has 3 rings (SSSR count). The number of amides is 1. The van der Waals surface area contributed by atoms with E-state index < -0.39 is 0 Å². The lowest BCUT2D eigenvalue weighted by molar-refractivity contribution is 0.0949. The number of aromatic nitrogens is 2. The average Bonchev–Trinajstić information content (AvgIpc) is 2.90. The minimum atomic E-state index is -0.0404. The maximum Gasteiger partial charge on any atom is 0.251 e. The van der Waals surface area contributed by atoms with Crippen molar-refractivity contribution in [3.05, 3.63) is 70.4 Å². The number of methoxy groups -OCH3 is 2. The van der Waals surface area contributed by atoms with Crippen LogP contribution in [0.1, 0.15) is 46.6 Å². The zero-order chi connectivity index (χ0) is 26.9. The van der Waals surface area contributed by atoms with E-state index in [0.717, 1.165) is 52.3 Å². The fourth-order valence-corrected chi connectivity index (χ4v) is 4.64. The molecule has 198 valence electrons. The molecule has 0 fully saturated rings. The highest BCUT2D eigenvalue weighted by Crippen LogP contribution is 2.29. The van der Waals surface area contributed by atoms with Crippen molar-refractivity contribution in [2.75, 3.05) is 39.3 Å². The largest absolute Gasteiger partial charge is 0.493 e. The molecule has 37 heavy (non-hydrogen) atoms. The summed E-state index contributed by atoms with van der Waals surface area (Å²) in [5.74, 6) is 3.44. The van der Waals surface area contributed by atoms with Crippen molar-refractivity contribution < 1.29 is 14.3 Å². The first-order chi connectivity index (χ1) is 17.7. The normalized spacial score (nSPS) is 10.9. The number of ether oxygens (including phenoxy) is 2. The van der Waals surface area contributed by atoms with E-state index in [9.17, 15) is 4.79 Å². The van der Waals surface area contributed by atoms with Crippen molar-refractivity contribution in [1.82, 2.24) is 15.3 Å². The molecule has 0 bridgehead atoms. The number of nitrogens with zero attached hydrogens (tertiary/aromatic N) is 3. The molecule has 2 aromatic carbocycles. The summed E-state index contributed by atoms with van der Waals surface area (Å²) in [6, 6.07) is 13.8. The quantitative estimate of drug-likeness (QED) is 0.250. The van der Waals surface area contributed by atoms with E-state index in [0.29, 0.717) is 23.8 Å². The van der Waals surface area contributed by atoms with Crippen molar-refractivity contribution in [3.8, 4) is 11.5 Å². The maximum atomic E-state index is 12.4. The lowest BCUT2D eigenvalue weighted by atomic mass is 10.1. The average molecular weight is 523 g/mol. The summed E-state index contributed by atoms with van der Waals surface area (Å²) in [7, 11) is 5.35. The lowest BCUT2D eigenvalue weighted by Crippen LogP contribution is -2.27. The molecule has 0 saturated heterocycles. The van der Waals surface area contributed by atoms with E-state index in [4.69, 9.17) is 19.4 Å². The van der Waals surface area contributed by atoms with Crippen LogP contribution in [-0.4, -0.2) is 50.2 Å². The van der Waals surface area contributed by atoms with Crippen LogP contribution in [0.5, 0.6) is 11.5 Å². The van der Waals surface area contributed by atoms with Crippen LogP contribution >= 0.6 is 11.8 Å². The molecule has 1 heterocycles.